The number of pyridine rings is 1. The first-order valence-electron chi connectivity index (χ1n) is 5.45. The zero-order chi connectivity index (χ0) is 12.3. The van der Waals surface area contributed by atoms with Gasteiger partial charge in [-0.3, -0.25) is 4.98 Å². The highest BCUT2D eigenvalue weighted by molar-refractivity contribution is 9.10. The van der Waals surface area contributed by atoms with Crippen molar-refractivity contribution in [3.63, 3.8) is 0 Å². The Bertz CT molecular complexity index is 508. The molecule has 2 rings (SSSR count). The van der Waals surface area contributed by atoms with Gasteiger partial charge in [0.2, 0.25) is 0 Å². The fourth-order valence-corrected chi connectivity index (χ4v) is 1.79. The third-order valence-corrected chi connectivity index (χ3v) is 3.42. The maximum Gasteiger partial charge on any atom is 0.142 e. The molecule has 0 saturated heterocycles. The summed E-state index contributed by atoms with van der Waals surface area (Å²) in [6.45, 7) is 4.66. The molecule has 0 saturated carbocycles. The average Bonchev–Trinajstić information content (AvgIpc) is 2.33. The van der Waals surface area contributed by atoms with Gasteiger partial charge >= 0.3 is 0 Å². The van der Waals surface area contributed by atoms with E-state index in [0.717, 1.165) is 21.3 Å². The Morgan fingerprint density at radius 3 is 2.53 bits per heavy atom. The van der Waals surface area contributed by atoms with E-state index in [4.69, 9.17) is 4.74 Å². The van der Waals surface area contributed by atoms with Crippen LogP contribution in [0.3, 0.4) is 0 Å². The van der Waals surface area contributed by atoms with Crippen LogP contribution in [0.1, 0.15) is 16.7 Å². The Balaban J connectivity index is 2.07. The molecule has 1 aromatic carbocycles. The molecule has 0 aliphatic carbocycles. The lowest BCUT2D eigenvalue weighted by Crippen LogP contribution is -1.98. The summed E-state index contributed by atoms with van der Waals surface area (Å²) in [6.07, 6.45) is 3.52. The molecule has 0 aliphatic heterocycles. The summed E-state index contributed by atoms with van der Waals surface area (Å²) in [4.78, 5) is 4.10. The number of hydrogen-bond acceptors (Lipinski definition) is 2. The number of hydrogen-bond donors (Lipinski definition) is 0. The summed E-state index contributed by atoms with van der Waals surface area (Å²) < 4.78 is 6.72. The Hall–Kier alpha value is -1.35. The summed E-state index contributed by atoms with van der Waals surface area (Å²) in [5.74, 6) is 0.819. The van der Waals surface area contributed by atoms with Gasteiger partial charge < -0.3 is 4.74 Å². The van der Waals surface area contributed by atoms with E-state index < -0.39 is 0 Å². The van der Waals surface area contributed by atoms with Gasteiger partial charge in [-0.2, -0.15) is 0 Å². The Labute approximate surface area is 110 Å². The normalized spacial score (nSPS) is 10.3. The quantitative estimate of drug-likeness (QED) is 0.851. The van der Waals surface area contributed by atoms with Crippen molar-refractivity contribution in [1.29, 1.82) is 0 Å². The fraction of sp³-hybridized carbons (Fsp3) is 0.214. The molecule has 0 N–H and O–H groups in total. The zero-order valence-corrected chi connectivity index (χ0v) is 11.5. The second-order valence-electron chi connectivity index (χ2n) is 4.02. The Morgan fingerprint density at radius 1 is 1.12 bits per heavy atom. The topological polar surface area (TPSA) is 22.1 Å². The standard InChI is InChI=1S/C14H14BrNO/c1-10-3-5-12(6-4-10)9-17-14-8-16-7-13(15)11(14)2/h3-8H,9H2,1-2H3. The summed E-state index contributed by atoms with van der Waals surface area (Å²) in [6, 6.07) is 8.33. The number of aromatic nitrogens is 1. The second-order valence-corrected chi connectivity index (χ2v) is 4.87. The highest BCUT2D eigenvalue weighted by atomic mass is 79.9. The number of benzene rings is 1. The van der Waals surface area contributed by atoms with E-state index in [-0.39, 0.29) is 0 Å². The van der Waals surface area contributed by atoms with Crippen LogP contribution < -0.4 is 4.74 Å². The summed E-state index contributed by atoms with van der Waals surface area (Å²) in [7, 11) is 0. The molecule has 88 valence electrons. The van der Waals surface area contributed by atoms with Crippen LogP contribution in [0.2, 0.25) is 0 Å². The van der Waals surface area contributed by atoms with Crippen molar-refractivity contribution in [1.82, 2.24) is 4.98 Å². The Morgan fingerprint density at radius 2 is 1.82 bits per heavy atom. The van der Waals surface area contributed by atoms with Gasteiger partial charge in [0.1, 0.15) is 12.4 Å². The van der Waals surface area contributed by atoms with Crippen LogP contribution in [0.25, 0.3) is 0 Å². The van der Waals surface area contributed by atoms with Gasteiger partial charge in [-0.25, -0.2) is 0 Å². The third-order valence-electron chi connectivity index (χ3n) is 2.62. The first-order valence-corrected chi connectivity index (χ1v) is 6.24. The number of nitrogens with zero attached hydrogens (tertiary/aromatic N) is 1. The van der Waals surface area contributed by atoms with Gasteiger partial charge in [0.25, 0.3) is 0 Å². The summed E-state index contributed by atoms with van der Waals surface area (Å²) in [5.41, 5.74) is 3.50. The molecule has 0 amide bonds. The van der Waals surface area contributed by atoms with Gasteiger partial charge in [-0.15, -0.1) is 0 Å². The highest BCUT2D eigenvalue weighted by Gasteiger charge is 2.03. The molecule has 0 radical (unpaired) electrons. The van der Waals surface area contributed by atoms with E-state index in [9.17, 15) is 0 Å². The van der Waals surface area contributed by atoms with Gasteiger partial charge in [-0.05, 0) is 35.3 Å². The van der Waals surface area contributed by atoms with Crippen molar-refractivity contribution in [2.75, 3.05) is 0 Å². The smallest absolute Gasteiger partial charge is 0.142 e. The predicted octanol–water partition coefficient (Wildman–Crippen LogP) is 4.04. The lowest BCUT2D eigenvalue weighted by molar-refractivity contribution is 0.302. The molecule has 2 nitrogen and oxygen atoms in total. The van der Waals surface area contributed by atoms with Crippen molar-refractivity contribution < 1.29 is 4.74 Å². The van der Waals surface area contributed by atoms with Gasteiger partial charge in [0.15, 0.2) is 0 Å². The van der Waals surface area contributed by atoms with Gasteiger partial charge in [0, 0.05) is 16.2 Å². The maximum absolute atomic E-state index is 5.75. The van der Waals surface area contributed by atoms with Crippen LogP contribution >= 0.6 is 15.9 Å². The molecule has 1 heterocycles. The molecule has 3 heteroatoms. The molecule has 0 atom stereocenters. The number of ether oxygens (including phenoxy) is 1. The molecule has 17 heavy (non-hydrogen) atoms. The van der Waals surface area contributed by atoms with Crippen molar-refractivity contribution in [3.8, 4) is 5.75 Å². The van der Waals surface area contributed by atoms with Crippen LogP contribution in [0.4, 0.5) is 0 Å². The molecule has 0 fully saturated rings. The first kappa shape index (κ1) is 12.1. The van der Waals surface area contributed by atoms with E-state index in [2.05, 4.69) is 52.1 Å². The zero-order valence-electron chi connectivity index (χ0n) is 9.90. The molecule has 0 bridgehead atoms. The van der Waals surface area contributed by atoms with E-state index in [1.54, 1.807) is 12.4 Å². The largest absolute Gasteiger partial charge is 0.487 e. The van der Waals surface area contributed by atoms with Crippen molar-refractivity contribution in [3.05, 3.63) is 57.8 Å². The lowest BCUT2D eigenvalue weighted by atomic mass is 10.2. The van der Waals surface area contributed by atoms with Crippen molar-refractivity contribution >= 4 is 15.9 Å². The number of aryl methyl sites for hydroxylation is 1. The molecule has 0 unspecified atom stereocenters. The molecular formula is C14H14BrNO. The van der Waals surface area contributed by atoms with Gasteiger partial charge in [0.05, 0.1) is 6.20 Å². The maximum atomic E-state index is 5.75. The van der Waals surface area contributed by atoms with E-state index >= 15 is 0 Å². The Kier molecular flexibility index (Phi) is 3.79. The molecular weight excluding hydrogens is 278 g/mol. The molecule has 2 aromatic rings. The number of halogens is 1. The minimum atomic E-state index is 0.569. The molecule has 1 aromatic heterocycles. The second kappa shape index (κ2) is 5.32. The minimum Gasteiger partial charge on any atom is -0.487 e. The van der Waals surface area contributed by atoms with Crippen molar-refractivity contribution in [2.24, 2.45) is 0 Å². The fourth-order valence-electron chi connectivity index (χ4n) is 1.47. The van der Waals surface area contributed by atoms with Crippen LogP contribution in [0.5, 0.6) is 5.75 Å². The SMILES string of the molecule is Cc1ccc(COc2cncc(Br)c2C)cc1. The van der Waals surface area contributed by atoms with E-state index in [1.165, 1.54) is 5.56 Å². The minimum absolute atomic E-state index is 0.569. The lowest BCUT2D eigenvalue weighted by Gasteiger charge is -2.09. The summed E-state index contributed by atoms with van der Waals surface area (Å²) in [5, 5.41) is 0. The van der Waals surface area contributed by atoms with Crippen LogP contribution in [-0.2, 0) is 6.61 Å². The van der Waals surface area contributed by atoms with Crippen LogP contribution in [0.15, 0.2) is 41.1 Å². The average molecular weight is 292 g/mol. The molecule has 0 aliphatic rings. The predicted molar refractivity (Wildman–Crippen MR) is 72.2 cm³/mol. The van der Waals surface area contributed by atoms with Gasteiger partial charge in [-0.1, -0.05) is 29.8 Å². The molecule has 0 spiro atoms. The highest BCUT2D eigenvalue weighted by Crippen LogP contribution is 2.24. The van der Waals surface area contributed by atoms with Crippen molar-refractivity contribution in [2.45, 2.75) is 20.5 Å². The van der Waals surface area contributed by atoms with Crippen LogP contribution in [-0.4, -0.2) is 4.98 Å². The monoisotopic (exact) mass is 291 g/mol. The number of rotatable bonds is 3. The first-order chi connectivity index (χ1) is 8.16. The van der Waals surface area contributed by atoms with E-state index in [0.29, 0.717) is 6.61 Å². The van der Waals surface area contributed by atoms with E-state index in [1.807, 2.05) is 6.92 Å². The van der Waals surface area contributed by atoms with Crippen LogP contribution in [0, 0.1) is 13.8 Å². The third kappa shape index (κ3) is 3.07. The summed E-state index contributed by atoms with van der Waals surface area (Å²) >= 11 is 3.44.